The van der Waals surface area contributed by atoms with Crippen LogP contribution in [0.15, 0.2) is 0 Å². The van der Waals surface area contributed by atoms with Gasteiger partial charge in [0.05, 0.1) is 0 Å². The highest BCUT2D eigenvalue weighted by molar-refractivity contribution is 5.10. The van der Waals surface area contributed by atoms with Gasteiger partial charge in [0, 0.05) is 0 Å². The Balaban J connectivity index is 1.68. The van der Waals surface area contributed by atoms with Crippen LogP contribution in [0, 0.1) is 58.7 Å². The van der Waals surface area contributed by atoms with Gasteiger partial charge in [-0.15, -0.1) is 0 Å². The van der Waals surface area contributed by atoms with Crippen molar-refractivity contribution in [1.29, 1.82) is 0 Å². The van der Waals surface area contributed by atoms with Gasteiger partial charge >= 0.3 is 0 Å². The van der Waals surface area contributed by atoms with Crippen molar-refractivity contribution in [2.24, 2.45) is 58.7 Å². The number of hydrogen-bond donors (Lipinski definition) is 0. The molecule has 24 heavy (non-hydrogen) atoms. The van der Waals surface area contributed by atoms with Gasteiger partial charge in [-0.2, -0.15) is 0 Å². The molecule has 0 bridgehead atoms. The molecule has 3 fully saturated rings. The molecule has 9 unspecified atom stereocenters. The van der Waals surface area contributed by atoms with Crippen LogP contribution in [0.4, 0.5) is 0 Å². The molecule has 0 aromatic heterocycles. The molecule has 3 aliphatic rings. The second-order valence-corrected chi connectivity index (χ2v) is 10.9. The van der Waals surface area contributed by atoms with E-state index in [-0.39, 0.29) is 0 Å². The van der Waals surface area contributed by atoms with Crippen molar-refractivity contribution in [3.8, 4) is 0 Å². The van der Waals surface area contributed by atoms with E-state index in [0.717, 1.165) is 53.3 Å². The monoisotopic (exact) mass is 332 g/mol. The van der Waals surface area contributed by atoms with Crippen molar-refractivity contribution in [2.75, 3.05) is 0 Å². The lowest BCUT2D eigenvalue weighted by Crippen LogP contribution is -2.42. The third kappa shape index (κ3) is 3.21. The molecule has 3 aliphatic carbocycles. The van der Waals surface area contributed by atoms with Gasteiger partial charge in [0.1, 0.15) is 0 Å². The second-order valence-electron chi connectivity index (χ2n) is 10.9. The molecule has 0 amide bonds. The first-order valence-corrected chi connectivity index (χ1v) is 11.3. The zero-order chi connectivity index (χ0) is 17.6. The summed E-state index contributed by atoms with van der Waals surface area (Å²) in [6.07, 6.45) is 10.3. The van der Waals surface area contributed by atoms with Crippen molar-refractivity contribution in [3.05, 3.63) is 0 Å². The third-order valence-electron chi connectivity index (χ3n) is 9.07. The van der Waals surface area contributed by atoms with E-state index in [2.05, 4.69) is 48.5 Å². The minimum absolute atomic E-state index is 0.578. The van der Waals surface area contributed by atoms with E-state index in [1.54, 1.807) is 6.42 Å². The molecule has 0 heterocycles. The average molecular weight is 333 g/mol. The highest BCUT2D eigenvalue weighted by Crippen LogP contribution is 2.69. The Bertz CT molecular complexity index is 422. The van der Waals surface area contributed by atoms with Crippen LogP contribution in [0.5, 0.6) is 0 Å². The van der Waals surface area contributed by atoms with Crippen LogP contribution < -0.4 is 0 Å². The summed E-state index contributed by atoms with van der Waals surface area (Å²) >= 11 is 0. The third-order valence-corrected chi connectivity index (χ3v) is 9.07. The zero-order valence-corrected chi connectivity index (χ0v) is 17.6. The van der Waals surface area contributed by atoms with Crippen LogP contribution in [0.25, 0.3) is 0 Å². The van der Waals surface area contributed by atoms with Gasteiger partial charge in [-0.3, -0.25) is 0 Å². The van der Waals surface area contributed by atoms with Gasteiger partial charge in [0.15, 0.2) is 0 Å². The summed E-state index contributed by atoms with van der Waals surface area (Å²) in [4.78, 5) is 0. The molecular weight excluding hydrogens is 288 g/mol. The summed E-state index contributed by atoms with van der Waals surface area (Å²) in [6, 6.07) is 0. The largest absolute Gasteiger partial charge is 0.0654 e. The summed E-state index contributed by atoms with van der Waals surface area (Å²) in [5.41, 5.74) is 0.578. The minimum atomic E-state index is 0.578. The Morgan fingerprint density at radius 3 is 2.33 bits per heavy atom. The van der Waals surface area contributed by atoms with E-state index in [1.165, 1.54) is 38.5 Å². The maximum Gasteiger partial charge on any atom is -0.0298 e. The SMILES string of the molecule is CCCC(C)C(CC(C)(C)C1C2CCC(CC)C21)C1CC(C)C1C. The summed E-state index contributed by atoms with van der Waals surface area (Å²) < 4.78 is 0. The van der Waals surface area contributed by atoms with Crippen molar-refractivity contribution in [3.63, 3.8) is 0 Å². The normalized spacial score (nSPS) is 43.9. The summed E-state index contributed by atoms with van der Waals surface area (Å²) in [6.45, 7) is 17.7. The quantitative estimate of drug-likeness (QED) is 0.433. The molecule has 0 nitrogen and oxygen atoms in total. The van der Waals surface area contributed by atoms with Gasteiger partial charge in [0.2, 0.25) is 0 Å². The Hall–Kier alpha value is 0. The van der Waals surface area contributed by atoms with Gasteiger partial charge < -0.3 is 0 Å². The van der Waals surface area contributed by atoms with Gasteiger partial charge in [-0.05, 0) is 84.4 Å². The predicted octanol–water partition coefficient (Wildman–Crippen LogP) is 7.43. The predicted molar refractivity (Wildman–Crippen MR) is 106 cm³/mol. The lowest BCUT2D eigenvalue weighted by atomic mass is 9.56. The van der Waals surface area contributed by atoms with Crippen LogP contribution in [0.2, 0.25) is 0 Å². The second kappa shape index (κ2) is 6.96. The molecule has 3 saturated carbocycles. The molecule has 0 saturated heterocycles. The summed E-state index contributed by atoms with van der Waals surface area (Å²) in [5, 5.41) is 0. The molecule has 3 rings (SSSR count). The maximum atomic E-state index is 2.64. The first-order chi connectivity index (χ1) is 11.3. The van der Waals surface area contributed by atoms with Crippen LogP contribution in [0.1, 0.15) is 93.4 Å². The van der Waals surface area contributed by atoms with Crippen LogP contribution in [-0.2, 0) is 0 Å². The first kappa shape index (κ1) is 18.8. The van der Waals surface area contributed by atoms with E-state index >= 15 is 0 Å². The van der Waals surface area contributed by atoms with Crippen molar-refractivity contribution >= 4 is 0 Å². The fraction of sp³-hybridized carbons (Fsp3) is 1.00. The molecular formula is C24H44. The number of rotatable bonds is 8. The topological polar surface area (TPSA) is 0 Å². The first-order valence-electron chi connectivity index (χ1n) is 11.3. The Morgan fingerprint density at radius 1 is 1.08 bits per heavy atom. The Morgan fingerprint density at radius 2 is 1.79 bits per heavy atom. The van der Waals surface area contributed by atoms with E-state index in [9.17, 15) is 0 Å². The van der Waals surface area contributed by atoms with E-state index in [1.807, 2.05) is 0 Å². The van der Waals surface area contributed by atoms with E-state index in [0.29, 0.717) is 5.41 Å². The van der Waals surface area contributed by atoms with Gasteiger partial charge in [-0.25, -0.2) is 0 Å². The van der Waals surface area contributed by atoms with Crippen molar-refractivity contribution in [2.45, 2.75) is 93.4 Å². The van der Waals surface area contributed by atoms with Crippen LogP contribution in [0.3, 0.4) is 0 Å². The molecule has 0 N–H and O–H groups in total. The van der Waals surface area contributed by atoms with Crippen LogP contribution >= 0.6 is 0 Å². The molecule has 0 radical (unpaired) electrons. The molecule has 140 valence electrons. The maximum absolute atomic E-state index is 2.64. The lowest BCUT2D eigenvalue weighted by Gasteiger charge is -2.50. The van der Waals surface area contributed by atoms with Crippen molar-refractivity contribution in [1.82, 2.24) is 0 Å². The molecule has 0 aliphatic heterocycles. The fourth-order valence-electron chi connectivity index (χ4n) is 7.43. The minimum Gasteiger partial charge on any atom is -0.0654 e. The van der Waals surface area contributed by atoms with Gasteiger partial charge in [-0.1, -0.05) is 67.7 Å². The highest BCUT2D eigenvalue weighted by Gasteiger charge is 2.62. The highest BCUT2D eigenvalue weighted by atomic mass is 14.7. The van der Waals surface area contributed by atoms with Crippen molar-refractivity contribution < 1.29 is 0 Å². The average Bonchev–Trinajstić information content (AvgIpc) is 3.14. The molecule has 0 aromatic rings. The fourth-order valence-corrected chi connectivity index (χ4v) is 7.43. The lowest BCUT2D eigenvalue weighted by molar-refractivity contribution is -0.00507. The van der Waals surface area contributed by atoms with E-state index in [4.69, 9.17) is 0 Å². The Labute approximate surface area is 152 Å². The standard InChI is InChI=1S/C24H44/c1-8-10-15(3)21(20-13-16(4)17(20)5)14-24(6,7)23-19-12-11-18(9-2)22(19)23/h15-23H,8-14H2,1-7H3. The van der Waals surface area contributed by atoms with E-state index < -0.39 is 0 Å². The number of fused-ring (bicyclic) bond motifs is 1. The van der Waals surface area contributed by atoms with Crippen LogP contribution in [-0.4, -0.2) is 0 Å². The number of hydrogen-bond acceptors (Lipinski definition) is 0. The van der Waals surface area contributed by atoms with Gasteiger partial charge in [0.25, 0.3) is 0 Å². The summed E-state index contributed by atoms with van der Waals surface area (Å²) in [5.74, 6) is 9.18. The Kier molecular flexibility index (Phi) is 5.44. The molecule has 9 atom stereocenters. The summed E-state index contributed by atoms with van der Waals surface area (Å²) in [7, 11) is 0. The molecule has 0 aromatic carbocycles. The molecule has 0 spiro atoms. The zero-order valence-electron chi connectivity index (χ0n) is 17.6. The molecule has 0 heteroatoms. The smallest absolute Gasteiger partial charge is 0.0298 e.